The second-order valence-electron chi connectivity index (χ2n) is 6.01. The van der Waals surface area contributed by atoms with Crippen LogP contribution in [0.1, 0.15) is 53.6 Å². The second kappa shape index (κ2) is 6.36. The normalized spacial score (nSPS) is 16.4. The van der Waals surface area contributed by atoms with Gasteiger partial charge in [0.2, 0.25) is 5.91 Å². The molecule has 3 rings (SSSR count). The Hall–Kier alpha value is -2.43. The molecule has 1 heterocycles. The predicted octanol–water partition coefficient (Wildman–Crippen LogP) is 3.30. The standard InChI is InChI=1S/C18H21N3O2/c1-3-4-9-21-17(12(2)11-19-21)20-18(23)15-10-16(22)14-8-6-5-7-13(14)15/h5-8,11,15H,3-4,9-10H2,1-2H3,(H,20,23). The lowest BCUT2D eigenvalue weighted by Crippen LogP contribution is -2.22. The fourth-order valence-electron chi connectivity index (χ4n) is 3.02. The van der Waals surface area contributed by atoms with E-state index in [4.69, 9.17) is 0 Å². The van der Waals surface area contributed by atoms with Crippen LogP contribution in [0.2, 0.25) is 0 Å². The van der Waals surface area contributed by atoms with Crippen LogP contribution >= 0.6 is 0 Å². The Bertz CT molecular complexity index is 748. The molecule has 5 nitrogen and oxygen atoms in total. The van der Waals surface area contributed by atoms with Gasteiger partial charge in [0.15, 0.2) is 5.78 Å². The topological polar surface area (TPSA) is 64.0 Å². The SMILES string of the molecule is CCCCn1ncc(C)c1NC(=O)C1CC(=O)c2ccccc21. The van der Waals surface area contributed by atoms with Gasteiger partial charge in [-0.3, -0.25) is 9.59 Å². The van der Waals surface area contributed by atoms with Crippen molar-refractivity contribution in [1.29, 1.82) is 0 Å². The van der Waals surface area contributed by atoms with E-state index in [1.54, 1.807) is 12.3 Å². The molecule has 0 spiro atoms. The Morgan fingerprint density at radius 3 is 2.96 bits per heavy atom. The van der Waals surface area contributed by atoms with Crippen LogP contribution in [-0.4, -0.2) is 21.5 Å². The van der Waals surface area contributed by atoms with Crippen molar-refractivity contribution in [2.24, 2.45) is 0 Å². The molecule has 2 aromatic rings. The summed E-state index contributed by atoms with van der Waals surface area (Å²) in [4.78, 5) is 24.8. The van der Waals surface area contributed by atoms with Crippen LogP contribution in [0.3, 0.4) is 0 Å². The molecule has 0 radical (unpaired) electrons. The molecule has 1 atom stereocenters. The Morgan fingerprint density at radius 2 is 2.17 bits per heavy atom. The highest BCUT2D eigenvalue weighted by Crippen LogP contribution is 2.34. The first-order valence-electron chi connectivity index (χ1n) is 8.07. The van der Waals surface area contributed by atoms with E-state index >= 15 is 0 Å². The number of carbonyl (C=O) groups is 2. The maximum atomic E-state index is 12.7. The number of hydrogen-bond donors (Lipinski definition) is 1. The number of anilines is 1. The first-order valence-corrected chi connectivity index (χ1v) is 8.07. The van der Waals surface area contributed by atoms with E-state index in [1.807, 2.05) is 29.8 Å². The van der Waals surface area contributed by atoms with Gasteiger partial charge in [0.25, 0.3) is 0 Å². The predicted molar refractivity (Wildman–Crippen MR) is 88.6 cm³/mol. The molecule has 0 bridgehead atoms. The Balaban J connectivity index is 1.81. The smallest absolute Gasteiger partial charge is 0.233 e. The molecular formula is C18H21N3O2. The quantitative estimate of drug-likeness (QED) is 0.921. The lowest BCUT2D eigenvalue weighted by Gasteiger charge is -2.14. The van der Waals surface area contributed by atoms with Crippen LogP contribution in [0.5, 0.6) is 0 Å². The highest BCUT2D eigenvalue weighted by atomic mass is 16.2. The third kappa shape index (κ3) is 2.91. The number of aromatic nitrogens is 2. The van der Waals surface area contributed by atoms with Crippen LogP contribution in [-0.2, 0) is 11.3 Å². The fraction of sp³-hybridized carbons (Fsp3) is 0.389. The molecule has 0 saturated heterocycles. The first kappa shape index (κ1) is 15.5. The lowest BCUT2D eigenvalue weighted by molar-refractivity contribution is -0.117. The summed E-state index contributed by atoms with van der Waals surface area (Å²) in [5, 5.41) is 7.31. The fourth-order valence-corrected chi connectivity index (χ4v) is 3.02. The number of aryl methyl sites for hydroxylation is 2. The Morgan fingerprint density at radius 1 is 1.39 bits per heavy atom. The van der Waals surface area contributed by atoms with Crippen LogP contribution < -0.4 is 5.32 Å². The number of fused-ring (bicyclic) bond motifs is 1. The van der Waals surface area contributed by atoms with E-state index in [9.17, 15) is 9.59 Å². The van der Waals surface area contributed by atoms with Crippen molar-refractivity contribution >= 4 is 17.5 Å². The number of rotatable bonds is 5. The van der Waals surface area contributed by atoms with Crippen molar-refractivity contribution in [3.63, 3.8) is 0 Å². The molecule has 1 aromatic carbocycles. The van der Waals surface area contributed by atoms with E-state index in [1.165, 1.54) is 0 Å². The first-order chi connectivity index (χ1) is 11.1. The third-order valence-electron chi connectivity index (χ3n) is 4.33. The van der Waals surface area contributed by atoms with Gasteiger partial charge in [-0.15, -0.1) is 0 Å². The largest absolute Gasteiger partial charge is 0.310 e. The van der Waals surface area contributed by atoms with Gasteiger partial charge in [-0.2, -0.15) is 5.10 Å². The van der Waals surface area contributed by atoms with Gasteiger partial charge >= 0.3 is 0 Å². The summed E-state index contributed by atoms with van der Waals surface area (Å²) in [6.07, 6.45) is 4.08. The molecule has 1 amide bonds. The molecule has 5 heteroatoms. The van der Waals surface area contributed by atoms with Crippen LogP contribution in [0.15, 0.2) is 30.5 Å². The number of Topliss-reactive ketones (excluding diaryl/α,β-unsaturated/α-hetero) is 1. The van der Waals surface area contributed by atoms with Crippen LogP contribution in [0.25, 0.3) is 0 Å². The third-order valence-corrected chi connectivity index (χ3v) is 4.33. The number of amides is 1. The van der Waals surface area contributed by atoms with Crippen molar-refractivity contribution in [3.8, 4) is 0 Å². The molecule has 1 N–H and O–H groups in total. The summed E-state index contributed by atoms with van der Waals surface area (Å²) in [6.45, 7) is 4.83. The van der Waals surface area contributed by atoms with Gasteiger partial charge in [0.05, 0.1) is 12.1 Å². The number of nitrogens with one attached hydrogen (secondary N) is 1. The molecule has 1 unspecified atom stereocenters. The van der Waals surface area contributed by atoms with E-state index < -0.39 is 5.92 Å². The minimum atomic E-state index is -0.410. The lowest BCUT2D eigenvalue weighted by atomic mass is 10.0. The zero-order valence-corrected chi connectivity index (χ0v) is 13.5. The van der Waals surface area contributed by atoms with Gasteiger partial charge in [-0.1, -0.05) is 37.6 Å². The molecule has 0 aliphatic heterocycles. The summed E-state index contributed by atoms with van der Waals surface area (Å²) >= 11 is 0. The number of unbranched alkanes of at least 4 members (excludes halogenated alkanes) is 1. The molecule has 1 aliphatic carbocycles. The molecule has 0 fully saturated rings. The summed E-state index contributed by atoms with van der Waals surface area (Å²) in [7, 11) is 0. The monoisotopic (exact) mass is 311 g/mol. The number of nitrogens with zero attached hydrogens (tertiary/aromatic N) is 2. The van der Waals surface area contributed by atoms with E-state index in [2.05, 4.69) is 17.3 Å². The second-order valence-corrected chi connectivity index (χ2v) is 6.01. The summed E-state index contributed by atoms with van der Waals surface area (Å²) in [5.74, 6) is 0.231. The number of hydrogen-bond acceptors (Lipinski definition) is 3. The number of ketones is 1. The summed E-state index contributed by atoms with van der Waals surface area (Å²) < 4.78 is 1.83. The Labute approximate surface area is 135 Å². The molecule has 23 heavy (non-hydrogen) atoms. The van der Waals surface area contributed by atoms with Crippen molar-refractivity contribution in [2.45, 2.75) is 45.6 Å². The minimum absolute atomic E-state index is 0.0389. The zero-order chi connectivity index (χ0) is 16.4. The average Bonchev–Trinajstić information content (AvgIpc) is 3.07. The average molecular weight is 311 g/mol. The van der Waals surface area contributed by atoms with Crippen LogP contribution in [0, 0.1) is 6.92 Å². The molecular weight excluding hydrogens is 290 g/mol. The minimum Gasteiger partial charge on any atom is -0.310 e. The number of benzene rings is 1. The molecule has 0 saturated carbocycles. The van der Waals surface area contributed by atoms with Crippen molar-refractivity contribution in [3.05, 3.63) is 47.2 Å². The maximum absolute atomic E-state index is 12.7. The Kier molecular flexibility index (Phi) is 4.28. The van der Waals surface area contributed by atoms with Gasteiger partial charge in [0.1, 0.15) is 5.82 Å². The number of carbonyl (C=O) groups excluding carboxylic acids is 2. The van der Waals surface area contributed by atoms with Crippen LogP contribution in [0.4, 0.5) is 5.82 Å². The van der Waals surface area contributed by atoms with E-state index in [0.717, 1.165) is 36.3 Å². The van der Waals surface area contributed by atoms with Gasteiger partial charge in [0, 0.05) is 24.1 Å². The summed E-state index contributed by atoms with van der Waals surface area (Å²) in [5.41, 5.74) is 2.43. The highest BCUT2D eigenvalue weighted by Gasteiger charge is 2.34. The highest BCUT2D eigenvalue weighted by molar-refractivity contribution is 6.09. The molecule has 1 aliphatic rings. The van der Waals surface area contributed by atoms with Gasteiger partial charge in [-0.25, -0.2) is 4.68 Å². The van der Waals surface area contributed by atoms with Crippen molar-refractivity contribution < 1.29 is 9.59 Å². The molecule has 1 aromatic heterocycles. The summed E-state index contributed by atoms with van der Waals surface area (Å²) in [6, 6.07) is 7.36. The van der Waals surface area contributed by atoms with Crippen molar-refractivity contribution in [1.82, 2.24) is 9.78 Å². The van der Waals surface area contributed by atoms with Gasteiger partial charge < -0.3 is 5.32 Å². The van der Waals surface area contributed by atoms with Crippen molar-refractivity contribution in [2.75, 3.05) is 5.32 Å². The van der Waals surface area contributed by atoms with Gasteiger partial charge in [-0.05, 0) is 18.9 Å². The zero-order valence-electron chi connectivity index (χ0n) is 13.5. The maximum Gasteiger partial charge on any atom is 0.233 e. The van der Waals surface area contributed by atoms with E-state index in [0.29, 0.717) is 5.56 Å². The van der Waals surface area contributed by atoms with E-state index in [-0.39, 0.29) is 18.1 Å². The molecule has 120 valence electrons.